The van der Waals surface area contributed by atoms with Crippen molar-refractivity contribution in [1.29, 1.82) is 0 Å². The van der Waals surface area contributed by atoms with Gasteiger partial charge in [-0.1, -0.05) is 23.7 Å². The van der Waals surface area contributed by atoms with Crippen LogP contribution in [0.25, 0.3) is 5.65 Å². The number of aliphatic hydroxyl groups is 1. The summed E-state index contributed by atoms with van der Waals surface area (Å²) in [6, 6.07) is 10.9. The number of nitrogens with zero attached hydrogens (tertiary/aromatic N) is 4. The van der Waals surface area contributed by atoms with Gasteiger partial charge in [-0.2, -0.15) is 4.52 Å². The van der Waals surface area contributed by atoms with Gasteiger partial charge in [-0.3, -0.25) is 0 Å². The summed E-state index contributed by atoms with van der Waals surface area (Å²) < 4.78 is 1.79. The molecule has 1 aromatic carbocycles. The first-order valence-electron chi connectivity index (χ1n) is 7.60. The number of aliphatic hydroxyl groups excluding tert-OH is 1. The molecule has 2 aromatic heterocycles. The fourth-order valence-corrected chi connectivity index (χ4v) is 2.71. The smallest absolute Gasteiger partial charge is 0.178 e. The Bertz CT molecular complexity index is 828. The van der Waals surface area contributed by atoms with Crippen molar-refractivity contribution in [2.75, 3.05) is 11.9 Å². The van der Waals surface area contributed by atoms with Gasteiger partial charge in [0.15, 0.2) is 11.5 Å². The van der Waals surface area contributed by atoms with Gasteiger partial charge in [-0.15, -0.1) is 15.3 Å². The highest BCUT2D eigenvalue weighted by Gasteiger charge is 2.29. The quantitative estimate of drug-likeness (QED) is 0.753. The molecule has 3 aromatic rings. The minimum Gasteiger partial charge on any atom is -0.394 e. The largest absolute Gasteiger partial charge is 0.394 e. The van der Waals surface area contributed by atoms with Gasteiger partial charge in [-0.25, -0.2) is 0 Å². The van der Waals surface area contributed by atoms with E-state index in [4.69, 9.17) is 11.6 Å². The Morgan fingerprint density at radius 1 is 1.17 bits per heavy atom. The first-order valence-corrected chi connectivity index (χ1v) is 7.97. The third-order valence-electron chi connectivity index (χ3n) is 4.01. The van der Waals surface area contributed by atoms with Crippen molar-refractivity contribution >= 4 is 23.1 Å². The number of aromatic nitrogens is 4. The number of rotatable bonds is 5. The number of halogens is 1. The van der Waals surface area contributed by atoms with Gasteiger partial charge in [0.1, 0.15) is 5.82 Å². The lowest BCUT2D eigenvalue weighted by atomic mass is 10.1. The molecule has 1 aliphatic carbocycles. The molecule has 1 atom stereocenters. The van der Waals surface area contributed by atoms with E-state index in [1.54, 1.807) is 4.52 Å². The summed E-state index contributed by atoms with van der Waals surface area (Å²) in [6.07, 6.45) is 2.29. The molecule has 6 nitrogen and oxygen atoms in total. The molecule has 0 amide bonds. The molecule has 0 aliphatic heterocycles. The van der Waals surface area contributed by atoms with Crippen LogP contribution >= 0.6 is 11.6 Å². The van der Waals surface area contributed by atoms with Crippen LogP contribution in [0.5, 0.6) is 0 Å². The Morgan fingerprint density at radius 3 is 2.65 bits per heavy atom. The van der Waals surface area contributed by atoms with E-state index in [1.165, 1.54) is 0 Å². The highest BCUT2D eigenvalue weighted by atomic mass is 35.5. The van der Waals surface area contributed by atoms with Crippen molar-refractivity contribution in [3.63, 3.8) is 0 Å². The topological polar surface area (TPSA) is 75.3 Å². The molecule has 23 heavy (non-hydrogen) atoms. The Morgan fingerprint density at radius 2 is 1.96 bits per heavy atom. The summed E-state index contributed by atoms with van der Waals surface area (Å²) in [7, 11) is 0. The summed E-state index contributed by atoms with van der Waals surface area (Å²) in [6.45, 7) is -0.0426. The maximum absolute atomic E-state index is 9.68. The summed E-state index contributed by atoms with van der Waals surface area (Å²) in [4.78, 5) is 0. The summed E-state index contributed by atoms with van der Waals surface area (Å²) in [5.74, 6) is 2.06. The van der Waals surface area contributed by atoms with Crippen LogP contribution in [0.3, 0.4) is 0 Å². The van der Waals surface area contributed by atoms with Crippen molar-refractivity contribution in [2.45, 2.75) is 24.8 Å². The molecule has 0 radical (unpaired) electrons. The molecule has 7 heteroatoms. The van der Waals surface area contributed by atoms with Crippen molar-refractivity contribution in [3.05, 3.63) is 52.8 Å². The molecule has 4 rings (SSSR count). The molecule has 2 N–H and O–H groups in total. The van der Waals surface area contributed by atoms with Crippen molar-refractivity contribution in [3.8, 4) is 0 Å². The van der Waals surface area contributed by atoms with E-state index in [-0.39, 0.29) is 12.6 Å². The van der Waals surface area contributed by atoms with E-state index in [0.29, 0.717) is 16.8 Å². The van der Waals surface area contributed by atoms with Crippen molar-refractivity contribution in [1.82, 2.24) is 19.8 Å². The van der Waals surface area contributed by atoms with Gasteiger partial charge in [-0.05, 0) is 42.7 Å². The monoisotopic (exact) mass is 329 g/mol. The number of nitrogens with one attached hydrogen (secondary N) is 1. The minimum absolute atomic E-state index is 0.0426. The van der Waals surface area contributed by atoms with Crippen LogP contribution < -0.4 is 5.32 Å². The Kier molecular flexibility index (Phi) is 3.63. The lowest BCUT2D eigenvalue weighted by Gasteiger charge is -2.17. The molecule has 118 valence electrons. The van der Waals surface area contributed by atoms with E-state index >= 15 is 0 Å². The highest BCUT2D eigenvalue weighted by molar-refractivity contribution is 6.30. The molecule has 2 heterocycles. The fraction of sp³-hybridized carbons (Fsp3) is 0.312. The van der Waals surface area contributed by atoms with Crippen LogP contribution in [-0.4, -0.2) is 31.5 Å². The van der Waals surface area contributed by atoms with Crippen LogP contribution in [-0.2, 0) is 0 Å². The zero-order valence-corrected chi connectivity index (χ0v) is 13.1. The highest BCUT2D eigenvalue weighted by Crippen LogP contribution is 2.38. The van der Waals surface area contributed by atoms with Crippen LogP contribution in [0.1, 0.15) is 36.2 Å². The van der Waals surface area contributed by atoms with Crippen molar-refractivity contribution in [2.24, 2.45) is 0 Å². The summed E-state index contributed by atoms with van der Waals surface area (Å²) >= 11 is 5.91. The molecule has 0 saturated heterocycles. The normalized spacial score (nSPS) is 15.7. The Balaban J connectivity index is 1.62. The Hall–Kier alpha value is -2.18. The maximum atomic E-state index is 9.68. The maximum Gasteiger partial charge on any atom is 0.178 e. The molecule has 1 unspecified atom stereocenters. The van der Waals surface area contributed by atoms with E-state index in [1.807, 2.05) is 36.4 Å². The minimum atomic E-state index is -0.252. The number of hydrogen-bond acceptors (Lipinski definition) is 5. The first kappa shape index (κ1) is 14.4. The van der Waals surface area contributed by atoms with Crippen LogP contribution in [0.15, 0.2) is 36.4 Å². The number of fused-ring (bicyclic) bond motifs is 1. The van der Waals surface area contributed by atoms with Gasteiger partial charge >= 0.3 is 0 Å². The predicted octanol–water partition coefficient (Wildman–Crippen LogP) is 2.80. The van der Waals surface area contributed by atoms with E-state index < -0.39 is 0 Å². The van der Waals surface area contributed by atoms with Gasteiger partial charge < -0.3 is 10.4 Å². The second kappa shape index (κ2) is 5.79. The third kappa shape index (κ3) is 2.87. The van der Waals surface area contributed by atoms with Crippen LogP contribution in [0.4, 0.5) is 5.82 Å². The molecule has 0 spiro atoms. The summed E-state index contributed by atoms with van der Waals surface area (Å²) in [5.41, 5.74) is 1.69. The van der Waals surface area contributed by atoms with E-state index in [9.17, 15) is 5.11 Å². The number of hydrogen-bond donors (Lipinski definition) is 2. The third-order valence-corrected chi connectivity index (χ3v) is 4.26. The molecule has 0 bridgehead atoms. The molecule has 1 aliphatic rings. The van der Waals surface area contributed by atoms with Crippen molar-refractivity contribution < 1.29 is 5.11 Å². The van der Waals surface area contributed by atoms with E-state index in [2.05, 4.69) is 20.6 Å². The Labute approximate surface area is 138 Å². The van der Waals surface area contributed by atoms with Crippen LogP contribution in [0, 0.1) is 0 Å². The fourth-order valence-electron chi connectivity index (χ4n) is 2.59. The molecular weight excluding hydrogens is 314 g/mol. The SMILES string of the molecule is OCC(Nc1ccc2nnc(C3CC3)n2n1)c1ccc(Cl)cc1. The molecule has 1 fully saturated rings. The van der Waals surface area contributed by atoms with Gasteiger partial charge in [0.05, 0.1) is 12.6 Å². The van der Waals surface area contributed by atoms with Gasteiger partial charge in [0.25, 0.3) is 0 Å². The predicted molar refractivity (Wildman–Crippen MR) is 87.7 cm³/mol. The standard InChI is InChI=1S/C16H16ClN5O/c17-12-5-3-10(4-6-12)13(9-23)18-14-7-8-15-19-20-16(11-1-2-11)22(15)21-14/h3-8,11,13,23H,1-2,9H2,(H,18,21). The lowest BCUT2D eigenvalue weighted by molar-refractivity contribution is 0.276. The second-order valence-electron chi connectivity index (χ2n) is 5.75. The van der Waals surface area contributed by atoms with Gasteiger partial charge in [0, 0.05) is 10.9 Å². The average Bonchev–Trinajstić information content (AvgIpc) is 3.33. The van der Waals surface area contributed by atoms with Crippen LogP contribution in [0.2, 0.25) is 5.02 Å². The zero-order valence-electron chi connectivity index (χ0n) is 12.4. The molecule has 1 saturated carbocycles. The summed E-state index contributed by atoms with van der Waals surface area (Å²) in [5, 5.41) is 26.5. The second-order valence-corrected chi connectivity index (χ2v) is 6.19. The zero-order chi connectivity index (χ0) is 15.8. The first-order chi connectivity index (χ1) is 11.2. The molecular formula is C16H16ClN5O. The van der Waals surface area contributed by atoms with E-state index in [0.717, 1.165) is 29.9 Å². The average molecular weight is 330 g/mol. The number of benzene rings is 1. The lowest BCUT2D eigenvalue weighted by Crippen LogP contribution is -2.16. The number of anilines is 1. The van der Waals surface area contributed by atoms with Gasteiger partial charge in [0.2, 0.25) is 0 Å².